The highest BCUT2D eigenvalue weighted by Gasteiger charge is 2.58. The molecule has 1 amide bonds. The van der Waals surface area contributed by atoms with E-state index < -0.39 is 6.04 Å². The highest BCUT2D eigenvalue weighted by atomic mass is 16.5. The summed E-state index contributed by atoms with van der Waals surface area (Å²) in [4.78, 5) is 26.8. The number of hydrogen-bond acceptors (Lipinski definition) is 3. The second-order valence-electron chi connectivity index (χ2n) is 6.06. The highest BCUT2D eigenvalue weighted by molar-refractivity contribution is 5.98. The lowest BCUT2D eigenvalue weighted by molar-refractivity contribution is -0.159. The monoisotopic (exact) mass is 307 g/mol. The normalized spacial score (nSPS) is 24.4. The van der Waals surface area contributed by atoms with Crippen LogP contribution in [0.15, 0.2) is 54.6 Å². The van der Waals surface area contributed by atoms with Crippen LogP contribution in [0.1, 0.15) is 27.5 Å². The lowest BCUT2D eigenvalue weighted by Gasteiger charge is -2.50. The number of ether oxygens (including phenoxy) is 1. The molecule has 1 aliphatic heterocycles. The highest BCUT2D eigenvalue weighted by Crippen LogP contribution is 2.52. The summed E-state index contributed by atoms with van der Waals surface area (Å²) in [6, 6.07) is 16.7. The molecule has 4 rings (SSSR count). The van der Waals surface area contributed by atoms with Crippen molar-refractivity contribution in [3.63, 3.8) is 0 Å². The fourth-order valence-corrected chi connectivity index (χ4v) is 3.91. The maximum Gasteiger partial charge on any atom is 0.329 e. The van der Waals surface area contributed by atoms with E-state index in [-0.39, 0.29) is 23.8 Å². The molecule has 1 fully saturated rings. The Morgan fingerprint density at radius 1 is 1.04 bits per heavy atom. The van der Waals surface area contributed by atoms with Gasteiger partial charge in [0.15, 0.2) is 0 Å². The number of rotatable bonds is 2. The fourth-order valence-electron chi connectivity index (χ4n) is 3.91. The third kappa shape index (κ3) is 1.98. The van der Waals surface area contributed by atoms with Gasteiger partial charge in [0.2, 0.25) is 0 Å². The van der Waals surface area contributed by atoms with Gasteiger partial charge in [0.25, 0.3) is 5.91 Å². The summed E-state index contributed by atoms with van der Waals surface area (Å²) in [5, 5.41) is 0. The van der Waals surface area contributed by atoms with Crippen LogP contribution >= 0.6 is 0 Å². The minimum atomic E-state index is -0.495. The maximum atomic E-state index is 12.9. The minimum absolute atomic E-state index is 0.0250. The van der Waals surface area contributed by atoms with Crippen molar-refractivity contribution in [2.24, 2.45) is 5.92 Å². The summed E-state index contributed by atoms with van der Waals surface area (Å²) in [6.07, 6.45) is 0.819. The van der Waals surface area contributed by atoms with Gasteiger partial charge in [0.1, 0.15) is 6.04 Å². The molecule has 116 valence electrons. The molecule has 4 nitrogen and oxygen atoms in total. The number of benzene rings is 2. The molecule has 2 aromatic rings. The lowest BCUT2D eigenvalue weighted by atomic mass is 9.79. The summed E-state index contributed by atoms with van der Waals surface area (Å²) >= 11 is 0. The van der Waals surface area contributed by atoms with Crippen LogP contribution in [0.4, 0.5) is 0 Å². The molecule has 1 saturated heterocycles. The van der Waals surface area contributed by atoms with Gasteiger partial charge in [-0.05, 0) is 29.7 Å². The largest absolute Gasteiger partial charge is 0.467 e. The first-order valence-corrected chi connectivity index (χ1v) is 7.75. The zero-order valence-electron chi connectivity index (χ0n) is 12.8. The third-order valence-electron chi connectivity index (χ3n) is 4.94. The maximum absolute atomic E-state index is 12.9. The Morgan fingerprint density at radius 2 is 1.74 bits per heavy atom. The Hall–Kier alpha value is -2.62. The van der Waals surface area contributed by atoms with E-state index in [4.69, 9.17) is 4.74 Å². The molecule has 3 atom stereocenters. The predicted molar refractivity (Wildman–Crippen MR) is 84.8 cm³/mol. The molecule has 4 heteroatoms. The van der Waals surface area contributed by atoms with Gasteiger partial charge >= 0.3 is 5.97 Å². The molecule has 0 spiro atoms. The van der Waals surface area contributed by atoms with E-state index in [1.54, 1.807) is 17.0 Å². The smallest absolute Gasteiger partial charge is 0.329 e. The SMILES string of the molecule is COC(=O)[C@@H]1[C@H]2Cc3ccccc3[C@H]2N1C(=O)c1ccccc1. The molecular weight excluding hydrogens is 290 g/mol. The van der Waals surface area contributed by atoms with Crippen LogP contribution in [0.25, 0.3) is 0 Å². The molecule has 0 unspecified atom stereocenters. The zero-order chi connectivity index (χ0) is 16.0. The number of likely N-dealkylation sites (tertiary alicyclic amines) is 1. The Bertz CT molecular complexity index is 771. The van der Waals surface area contributed by atoms with E-state index in [1.165, 1.54) is 12.7 Å². The topological polar surface area (TPSA) is 46.6 Å². The molecule has 0 aromatic heterocycles. The quantitative estimate of drug-likeness (QED) is 0.801. The van der Waals surface area contributed by atoms with Crippen molar-refractivity contribution in [3.8, 4) is 0 Å². The van der Waals surface area contributed by atoms with Crippen LogP contribution in [0.3, 0.4) is 0 Å². The van der Waals surface area contributed by atoms with Gasteiger partial charge in [0.05, 0.1) is 13.2 Å². The second-order valence-corrected chi connectivity index (χ2v) is 6.06. The summed E-state index contributed by atoms with van der Waals surface area (Å²) in [5.41, 5.74) is 2.98. The predicted octanol–water partition coefficient (Wildman–Crippen LogP) is 2.60. The van der Waals surface area contributed by atoms with E-state index in [9.17, 15) is 9.59 Å². The average Bonchev–Trinajstić information content (AvgIpc) is 2.89. The molecule has 2 aromatic carbocycles. The molecule has 23 heavy (non-hydrogen) atoms. The van der Waals surface area contributed by atoms with Gasteiger partial charge in [-0.3, -0.25) is 4.79 Å². The van der Waals surface area contributed by atoms with Crippen molar-refractivity contribution < 1.29 is 14.3 Å². The van der Waals surface area contributed by atoms with Crippen molar-refractivity contribution in [2.45, 2.75) is 18.5 Å². The van der Waals surface area contributed by atoms with Gasteiger partial charge in [-0.15, -0.1) is 0 Å². The average molecular weight is 307 g/mol. The first kappa shape index (κ1) is 14.0. The Kier molecular flexibility index (Phi) is 3.18. The van der Waals surface area contributed by atoms with Crippen LogP contribution < -0.4 is 0 Å². The van der Waals surface area contributed by atoms with Crippen molar-refractivity contribution in [1.29, 1.82) is 0 Å². The molecule has 0 bridgehead atoms. The number of carbonyl (C=O) groups is 2. The molecule has 1 aliphatic carbocycles. The third-order valence-corrected chi connectivity index (χ3v) is 4.94. The molecule has 0 radical (unpaired) electrons. The van der Waals surface area contributed by atoms with Crippen LogP contribution in [-0.4, -0.2) is 29.9 Å². The van der Waals surface area contributed by atoms with Crippen molar-refractivity contribution in [1.82, 2.24) is 4.90 Å². The number of methoxy groups -OCH3 is 1. The van der Waals surface area contributed by atoms with Crippen LogP contribution in [0.5, 0.6) is 0 Å². The summed E-state index contributed by atoms with van der Waals surface area (Å²) in [5.74, 6) is -0.324. The van der Waals surface area contributed by atoms with E-state index >= 15 is 0 Å². The van der Waals surface area contributed by atoms with Gasteiger partial charge in [-0.2, -0.15) is 0 Å². The molecule has 1 heterocycles. The molecule has 0 N–H and O–H groups in total. The summed E-state index contributed by atoms with van der Waals surface area (Å²) in [6.45, 7) is 0. The number of carbonyl (C=O) groups excluding carboxylic acids is 2. The first-order valence-electron chi connectivity index (χ1n) is 7.75. The Morgan fingerprint density at radius 3 is 2.48 bits per heavy atom. The minimum Gasteiger partial charge on any atom is -0.467 e. The van der Waals surface area contributed by atoms with Crippen molar-refractivity contribution in [2.75, 3.05) is 7.11 Å². The summed E-state index contributed by atoms with van der Waals surface area (Å²) < 4.78 is 4.94. The zero-order valence-corrected chi connectivity index (χ0v) is 12.8. The van der Waals surface area contributed by atoms with E-state index in [0.29, 0.717) is 5.56 Å². The standard InChI is InChI=1S/C19H17NO3/c1-23-19(22)17-15-11-13-9-5-6-10-14(13)16(15)20(17)18(21)12-7-3-2-4-8-12/h2-10,15-17H,11H2,1H3/t15-,16+,17-/m0/s1. The Labute approximate surface area is 134 Å². The number of hydrogen-bond donors (Lipinski definition) is 0. The van der Waals surface area contributed by atoms with Gasteiger partial charge in [-0.25, -0.2) is 4.79 Å². The number of nitrogens with zero attached hydrogens (tertiary/aromatic N) is 1. The van der Waals surface area contributed by atoms with Crippen LogP contribution in [-0.2, 0) is 16.0 Å². The van der Waals surface area contributed by atoms with Crippen molar-refractivity contribution in [3.05, 3.63) is 71.3 Å². The number of amides is 1. The van der Waals surface area contributed by atoms with Crippen LogP contribution in [0, 0.1) is 5.92 Å². The molecule has 2 aliphatic rings. The molecular formula is C19H17NO3. The van der Waals surface area contributed by atoms with Gasteiger partial charge in [-0.1, -0.05) is 42.5 Å². The number of fused-ring (bicyclic) bond motifs is 3. The van der Waals surface area contributed by atoms with E-state index in [2.05, 4.69) is 12.1 Å². The second kappa shape index (κ2) is 5.23. The van der Waals surface area contributed by atoms with E-state index in [0.717, 1.165) is 12.0 Å². The Balaban J connectivity index is 1.73. The van der Waals surface area contributed by atoms with Gasteiger partial charge in [0, 0.05) is 11.5 Å². The number of esters is 1. The van der Waals surface area contributed by atoms with Crippen LogP contribution in [0.2, 0.25) is 0 Å². The van der Waals surface area contributed by atoms with E-state index in [1.807, 2.05) is 30.3 Å². The fraction of sp³-hybridized carbons (Fsp3) is 0.263. The van der Waals surface area contributed by atoms with Crippen molar-refractivity contribution >= 4 is 11.9 Å². The van der Waals surface area contributed by atoms with Gasteiger partial charge < -0.3 is 9.64 Å². The summed E-state index contributed by atoms with van der Waals surface area (Å²) in [7, 11) is 1.38. The first-order chi connectivity index (χ1) is 11.2. The lowest BCUT2D eigenvalue weighted by Crippen LogP contribution is -2.63. The molecule has 0 saturated carbocycles.